The number of aromatic amines is 1. The number of phenolic OH excluding ortho intramolecular Hbond substituents is 1. The van der Waals surface area contributed by atoms with Gasteiger partial charge in [0.25, 0.3) is 0 Å². The number of nitrogens with zero attached hydrogens (tertiary/aromatic N) is 3. The Morgan fingerprint density at radius 1 is 1.45 bits per heavy atom. The number of benzene rings is 1. The molecule has 1 aromatic carbocycles. The molecule has 3 rings (SSSR count). The van der Waals surface area contributed by atoms with Crippen LogP contribution >= 0.6 is 12.2 Å². The highest BCUT2D eigenvalue weighted by atomic mass is 32.1. The number of nitrogens with one attached hydrogen (secondary N) is 1. The van der Waals surface area contributed by atoms with E-state index in [0.717, 1.165) is 36.1 Å². The maximum Gasteiger partial charge on any atom is 0.216 e. The summed E-state index contributed by atoms with van der Waals surface area (Å²) in [6.07, 6.45) is 3.59. The molecule has 0 bridgehead atoms. The molecule has 2 N–H and O–H groups in total. The van der Waals surface area contributed by atoms with Crippen molar-refractivity contribution in [1.82, 2.24) is 14.9 Å². The summed E-state index contributed by atoms with van der Waals surface area (Å²) in [4.78, 5) is 0. The highest BCUT2D eigenvalue weighted by Crippen LogP contribution is 2.27. The zero-order valence-corrected chi connectivity index (χ0v) is 13.4. The predicted octanol–water partition coefficient (Wildman–Crippen LogP) is 3.00. The fourth-order valence-corrected chi connectivity index (χ4v) is 2.78. The van der Waals surface area contributed by atoms with Gasteiger partial charge in [-0.3, -0.25) is 5.10 Å². The zero-order valence-electron chi connectivity index (χ0n) is 12.5. The number of hydrogen-bond acceptors (Lipinski definition) is 5. The van der Waals surface area contributed by atoms with Gasteiger partial charge in [0.05, 0.1) is 6.21 Å². The first-order chi connectivity index (χ1) is 10.6. The predicted molar refractivity (Wildman–Crippen MR) is 85.9 cm³/mol. The van der Waals surface area contributed by atoms with Gasteiger partial charge in [0.15, 0.2) is 5.82 Å². The molecule has 0 unspecified atom stereocenters. The summed E-state index contributed by atoms with van der Waals surface area (Å²) in [5.74, 6) is 1.02. The van der Waals surface area contributed by atoms with Crippen LogP contribution in [0, 0.1) is 18.6 Å². The lowest BCUT2D eigenvalue weighted by molar-refractivity contribution is 0.102. The van der Waals surface area contributed by atoms with Crippen molar-refractivity contribution in [1.29, 1.82) is 0 Å². The molecule has 1 aliphatic heterocycles. The fraction of sp³-hybridized carbons (Fsp3) is 0.400. The van der Waals surface area contributed by atoms with Crippen molar-refractivity contribution in [2.75, 3.05) is 6.61 Å². The van der Waals surface area contributed by atoms with E-state index < -0.39 is 0 Å². The lowest BCUT2D eigenvalue weighted by Crippen LogP contribution is -2.05. The number of aryl methyl sites for hydroxylation is 2. The molecule has 22 heavy (non-hydrogen) atoms. The van der Waals surface area contributed by atoms with Crippen molar-refractivity contribution in [3.05, 3.63) is 39.4 Å². The van der Waals surface area contributed by atoms with E-state index >= 15 is 0 Å². The SMILES string of the molecule is Cc1cc(/C=N/n2c([C@H]3CCCO3)n[nH]c2=S)cc(C)c1O. The summed E-state index contributed by atoms with van der Waals surface area (Å²) < 4.78 is 7.68. The summed E-state index contributed by atoms with van der Waals surface area (Å²) >= 11 is 5.23. The molecule has 0 radical (unpaired) electrons. The highest BCUT2D eigenvalue weighted by molar-refractivity contribution is 7.71. The van der Waals surface area contributed by atoms with Crippen LogP contribution in [0.1, 0.15) is 41.5 Å². The van der Waals surface area contributed by atoms with Gasteiger partial charge in [-0.05, 0) is 67.7 Å². The monoisotopic (exact) mass is 318 g/mol. The second-order valence-corrected chi connectivity index (χ2v) is 5.83. The van der Waals surface area contributed by atoms with Gasteiger partial charge in [-0.15, -0.1) is 0 Å². The molecule has 116 valence electrons. The Balaban J connectivity index is 1.93. The van der Waals surface area contributed by atoms with E-state index in [1.807, 2.05) is 26.0 Å². The first-order valence-corrected chi connectivity index (χ1v) is 7.60. The smallest absolute Gasteiger partial charge is 0.216 e. The van der Waals surface area contributed by atoms with Crippen LogP contribution in [0.2, 0.25) is 0 Å². The number of aromatic nitrogens is 3. The van der Waals surface area contributed by atoms with E-state index in [2.05, 4.69) is 15.3 Å². The van der Waals surface area contributed by atoms with Crippen LogP contribution in [0.15, 0.2) is 17.2 Å². The van der Waals surface area contributed by atoms with Gasteiger partial charge < -0.3 is 9.84 Å². The van der Waals surface area contributed by atoms with Crippen molar-refractivity contribution in [3.63, 3.8) is 0 Å². The van der Waals surface area contributed by atoms with Gasteiger partial charge in [-0.25, -0.2) is 0 Å². The third-order valence-electron chi connectivity index (χ3n) is 3.73. The summed E-state index contributed by atoms with van der Waals surface area (Å²) in [6, 6.07) is 3.75. The fourth-order valence-electron chi connectivity index (χ4n) is 2.59. The second kappa shape index (κ2) is 6.02. The van der Waals surface area contributed by atoms with Crippen LogP contribution in [-0.2, 0) is 4.74 Å². The third-order valence-corrected chi connectivity index (χ3v) is 3.99. The molecule has 1 aliphatic rings. The van der Waals surface area contributed by atoms with Gasteiger partial charge in [-0.2, -0.15) is 14.9 Å². The molecule has 1 saturated heterocycles. The van der Waals surface area contributed by atoms with Crippen molar-refractivity contribution in [2.24, 2.45) is 5.10 Å². The number of H-pyrrole nitrogens is 1. The van der Waals surface area contributed by atoms with E-state index in [0.29, 0.717) is 16.3 Å². The number of phenols is 1. The van der Waals surface area contributed by atoms with Crippen LogP contribution in [-0.4, -0.2) is 32.8 Å². The summed E-state index contributed by atoms with van der Waals surface area (Å²) in [5, 5.41) is 21.2. The molecular weight excluding hydrogens is 300 g/mol. The average Bonchev–Trinajstić information content (AvgIpc) is 3.12. The molecular formula is C15H18N4O2S. The molecule has 0 spiro atoms. The number of ether oxygens (including phenoxy) is 1. The second-order valence-electron chi connectivity index (χ2n) is 5.45. The van der Waals surface area contributed by atoms with Crippen LogP contribution in [0.5, 0.6) is 5.75 Å². The van der Waals surface area contributed by atoms with Crippen molar-refractivity contribution >= 4 is 18.4 Å². The van der Waals surface area contributed by atoms with E-state index in [4.69, 9.17) is 17.0 Å². The number of hydrogen-bond donors (Lipinski definition) is 2. The molecule has 6 nitrogen and oxygen atoms in total. The Morgan fingerprint density at radius 3 is 2.82 bits per heavy atom. The van der Waals surface area contributed by atoms with Gasteiger partial charge >= 0.3 is 0 Å². The summed E-state index contributed by atoms with van der Waals surface area (Å²) in [5.41, 5.74) is 2.53. The van der Waals surface area contributed by atoms with E-state index in [1.165, 1.54) is 0 Å². The lowest BCUT2D eigenvalue weighted by atomic mass is 10.1. The summed E-state index contributed by atoms with van der Waals surface area (Å²) in [6.45, 7) is 4.46. The Bertz CT molecular complexity index is 749. The third kappa shape index (κ3) is 2.82. The minimum atomic E-state index is -0.0617. The normalized spacial score (nSPS) is 18.4. The number of rotatable bonds is 3. The van der Waals surface area contributed by atoms with Gasteiger partial charge in [-0.1, -0.05) is 0 Å². The van der Waals surface area contributed by atoms with Gasteiger partial charge in [0.1, 0.15) is 11.9 Å². The Hall–Kier alpha value is -1.99. The van der Waals surface area contributed by atoms with Gasteiger partial charge in [0.2, 0.25) is 4.77 Å². The standard InChI is InChI=1S/C15H18N4O2S/c1-9-6-11(7-10(2)13(9)20)8-16-19-14(17-18-15(19)22)12-4-3-5-21-12/h6-8,12,20H,3-5H2,1-2H3,(H,18,22)/b16-8+/t12-/m1/s1. The largest absolute Gasteiger partial charge is 0.507 e. The maximum atomic E-state index is 9.82. The topological polar surface area (TPSA) is 75.4 Å². The quantitative estimate of drug-likeness (QED) is 0.674. The van der Waals surface area contributed by atoms with E-state index in [1.54, 1.807) is 10.9 Å². The van der Waals surface area contributed by atoms with Crippen LogP contribution in [0.3, 0.4) is 0 Å². The molecule has 2 aromatic rings. The molecule has 2 heterocycles. The van der Waals surface area contributed by atoms with E-state index in [-0.39, 0.29) is 6.10 Å². The van der Waals surface area contributed by atoms with Crippen LogP contribution in [0.25, 0.3) is 0 Å². The molecule has 1 aromatic heterocycles. The Kier molecular flexibility index (Phi) is 4.08. The molecule has 0 saturated carbocycles. The first-order valence-electron chi connectivity index (χ1n) is 7.20. The van der Waals surface area contributed by atoms with Crippen molar-refractivity contribution in [2.45, 2.75) is 32.8 Å². The summed E-state index contributed by atoms with van der Waals surface area (Å²) in [7, 11) is 0. The van der Waals surface area contributed by atoms with E-state index in [9.17, 15) is 5.11 Å². The average molecular weight is 318 g/mol. The molecule has 1 atom stereocenters. The van der Waals surface area contributed by atoms with Crippen LogP contribution < -0.4 is 0 Å². The minimum Gasteiger partial charge on any atom is -0.507 e. The Labute approximate surface area is 133 Å². The molecule has 1 fully saturated rings. The molecule has 7 heteroatoms. The molecule has 0 amide bonds. The van der Waals surface area contributed by atoms with Crippen LogP contribution in [0.4, 0.5) is 0 Å². The highest BCUT2D eigenvalue weighted by Gasteiger charge is 2.23. The first kappa shape index (κ1) is 14.9. The number of aromatic hydroxyl groups is 1. The van der Waals surface area contributed by atoms with Crippen molar-refractivity contribution < 1.29 is 9.84 Å². The lowest BCUT2D eigenvalue weighted by Gasteiger charge is -2.08. The van der Waals surface area contributed by atoms with Crippen molar-refractivity contribution in [3.8, 4) is 5.75 Å². The zero-order chi connectivity index (χ0) is 15.7. The maximum absolute atomic E-state index is 9.82. The minimum absolute atomic E-state index is 0.0617. The Morgan fingerprint density at radius 2 is 2.18 bits per heavy atom. The van der Waals surface area contributed by atoms with Gasteiger partial charge in [0, 0.05) is 6.61 Å². The molecule has 0 aliphatic carbocycles.